The van der Waals surface area contributed by atoms with Crippen LogP contribution in [0.3, 0.4) is 0 Å². The molecule has 2 aromatic rings. The zero-order chi connectivity index (χ0) is 21.3. The van der Waals surface area contributed by atoms with E-state index in [4.69, 9.17) is 9.47 Å². The Balaban J connectivity index is 1.98. The first-order valence-corrected chi connectivity index (χ1v) is 10.9. The lowest BCUT2D eigenvalue weighted by Gasteiger charge is -2.32. The Hall–Kier alpha value is -2.43. The molecule has 0 fully saturated rings. The molecule has 0 saturated carbocycles. The highest BCUT2D eigenvalue weighted by molar-refractivity contribution is 7.89. The van der Waals surface area contributed by atoms with Crippen molar-refractivity contribution in [1.82, 2.24) is 19.4 Å². The summed E-state index contributed by atoms with van der Waals surface area (Å²) in [6.45, 7) is 7.79. The van der Waals surface area contributed by atoms with E-state index in [2.05, 4.69) is 28.9 Å². The van der Waals surface area contributed by atoms with Crippen molar-refractivity contribution in [3.8, 4) is 17.4 Å². The second-order valence-corrected chi connectivity index (χ2v) is 9.03. The Morgan fingerprint density at radius 3 is 2.52 bits per heavy atom. The summed E-state index contributed by atoms with van der Waals surface area (Å²) in [5.41, 5.74) is 1.36. The van der Waals surface area contributed by atoms with Gasteiger partial charge in [-0.25, -0.2) is 12.7 Å². The first kappa shape index (κ1) is 21.3. The summed E-state index contributed by atoms with van der Waals surface area (Å²) >= 11 is 0. The third kappa shape index (κ3) is 3.87. The fourth-order valence-electron chi connectivity index (χ4n) is 3.25. The summed E-state index contributed by atoms with van der Waals surface area (Å²) < 4.78 is 38.1. The van der Waals surface area contributed by atoms with Gasteiger partial charge in [0.1, 0.15) is 0 Å². The van der Waals surface area contributed by atoms with Crippen LogP contribution < -0.4 is 14.4 Å². The monoisotopic (exact) mass is 421 g/mol. The van der Waals surface area contributed by atoms with Gasteiger partial charge in [-0.1, -0.05) is 13.8 Å². The van der Waals surface area contributed by atoms with Crippen molar-refractivity contribution in [3.05, 3.63) is 24.4 Å². The SMILES string of the molecule is CCN(CC)C(C)Oc1nncc2c1N(C)c1ccc(S(=O)(=O)N(C)C)cc1O2. The minimum Gasteiger partial charge on any atom is -0.456 e. The molecule has 1 aromatic heterocycles. The molecule has 29 heavy (non-hydrogen) atoms. The second kappa shape index (κ2) is 8.13. The molecule has 0 aliphatic carbocycles. The van der Waals surface area contributed by atoms with E-state index in [0.29, 0.717) is 28.8 Å². The molecule has 2 heterocycles. The molecule has 1 aliphatic heterocycles. The maximum Gasteiger partial charge on any atom is 0.263 e. The van der Waals surface area contributed by atoms with Gasteiger partial charge in [-0.3, -0.25) is 4.90 Å². The number of nitrogens with zero attached hydrogens (tertiary/aromatic N) is 5. The van der Waals surface area contributed by atoms with Gasteiger partial charge >= 0.3 is 0 Å². The molecule has 0 saturated heterocycles. The number of aromatic nitrogens is 2. The summed E-state index contributed by atoms with van der Waals surface area (Å²) in [4.78, 5) is 4.18. The van der Waals surface area contributed by atoms with Crippen molar-refractivity contribution < 1.29 is 17.9 Å². The van der Waals surface area contributed by atoms with Crippen LogP contribution in [0.15, 0.2) is 29.3 Å². The maximum absolute atomic E-state index is 12.5. The van der Waals surface area contributed by atoms with Crippen LogP contribution in [0.2, 0.25) is 0 Å². The molecule has 0 N–H and O–H groups in total. The molecular weight excluding hydrogens is 394 g/mol. The van der Waals surface area contributed by atoms with Crippen LogP contribution in [-0.2, 0) is 10.0 Å². The molecule has 9 nitrogen and oxygen atoms in total. The van der Waals surface area contributed by atoms with Gasteiger partial charge in [-0.15, -0.1) is 5.10 Å². The predicted octanol–water partition coefficient (Wildman–Crippen LogP) is 2.67. The van der Waals surface area contributed by atoms with Crippen LogP contribution in [0.1, 0.15) is 20.8 Å². The van der Waals surface area contributed by atoms with Crippen molar-refractivity contribution in [2.75, 3.05) is 39.1 Å². The molecule has 1 aromatic carbocycles. The summed E-state index contributed by atoms with van der Waals surface area (Å²) in [5, 5.41) is 8.16. The van der Waals surface area contributed by atoms with Crippen molar-refractivity contribution in [2.45, 2.75) is 31.9 Å². The standard InChI is InChI=1S/C19H27N5O4S/c1-7-24(8-2)13(3)27-19-18-17(12-20-21-19)28-16-11-14(29(25,26)22(4)5)9-10-15(16)23(18)6/h9-13H,7-8H2,1-6H3. The van der Waals surface area contributed by atoms with E-state index in [9.17, 15) is 8.42 Å². The van der Waals surface area contributed by atoms with Crippen molar-refractivity contribution in [3.63, 3.8) is 0 Å². The lowest BCUT2D eigenvalue weighted by molar-refractivity contribution is 0.0438. The highest BCUT2D eigenvalue weighted by Crippen LogP contribution is 2.49. The van der Waals surface area contributed by atoms with Crippen LogP contribution in [0.5, 0.6) is 17.4 Å². The first-order valence-electron chi connectivity index (χ1n) is 9.45. The summed E-state index contributed by atoms with van der Waals surface area (Å²) in [5.74, 6) is 1.25. The highest BCUT2D eigenvalue weighted by atomic mass is 32.2. The van der Waals surface area contributed by atoms with E-state index in [-0.39, 0.29) is 11.1 Å². The van der Waals surface area contributed by atoms with Crippen LogP contribution in [-0.4, -0.2) is 68.3 Å². The van der Waals surface area contributed by atoms with Gasteiger partial charge < -0.3 is 14.4 Å². The molecule has 10 heteroatoms. The van der Waals surface area contributed by atoms with Gasteiger partial charge in [0, 0.05) is 27.2 Å². The van der Waals surface area contributed by atoms with E-state index < -0.39 is 10.0 Å². The van der Waals surface area contributed by atoms with Crippen molar-refractivity contribution in [1.29, 1.82) is 0 Å². The molecule has 3 rings (SSSR count). The van der Waals surface area contributed by atoms with Crippen molar-refractivity contribution >= 4 is 21.4 Å². The van der Waals surface area contributed by atoms with Crippen LogP contribution in [0.25, 0.3) is 0 Å². The van der Waals surface area contributed by atoms with E-state index in [1.54, 1.807) is 12.1 Å². The molecule has 0 spiro atoms. The number of hydrogen-bond acceptors (Lipinski definition) is 8. The maximum atomic E-state index is 12.5. The summed E-state index contributed by atoms with van der Waals surface area (Å²) in [6.07, 6.45) is 1.31. The van der Waals surface area contributed by atoms with Gasteiger partial charge in [-0.05, 0) is 32.1 Å². The molecule has 1 unspecified atom stereocenters. The topological polar surface area (TPSA) is 88.1 Å². The van der Waals surface area contributed by atoms with Gasteiger partial charge in [0.05, 0.1) is 16.8 Å². The lowest BCUT2D eigenvalue weighted by Crippen LogP contribution is -2.37. The van der Waals surface area contributed by atoms with Crippen LogP contribution >= 0.6 is 0 Å². The largest absolute Gasteiger partial charge is 0.456 e. The highest BCUT2D eigenvalue weighted by Gasteiger charge is 2.30. The quantitative estimate of drug-likeness (QED) is 0.631. The number of rotatable bonds is 7. The number of sulfonamides is 1. The number of ether oxygens (including phenoxy) is 2. The number of fused-ring (bicyclic) bond motifs is 2. The van der Waals surface area contributed by atoms with Gasteiger partial charge in [0.15, 0.2) is 23.4 Å². The smallest absolute Gasteiger partial charge is 0.263 e. The summed E-state index contributed by atoms with van der Waals surface area (Å²) in [6, 6.07) is 4.79. The third-order valence-corrected chi connectivity index (χ3v) is 6.81. The number of anilines is 2. The van der Waals surface area contributed by atoms with Crippen LogP contribution in [0.4, 0.5) is 11.4 Å². The van der Waals surface area contributed by atoms with E-state index in [0.717, 1.165) is 13.1 Å². The zero-order valence-electron chi connectivity index (χ0n) is 17.6. The van der Waals surface area contributed by atoms with Gasteiger partial charge in [0.2, 0.25) is 10.0 Å². The molecular formula is C19H27N5O4S. The van der Waals surface area contributed by atoms with E-state index >= 15 is 0 Å². The predicted molar refractivity (Wildman–Crippen MR) is 110 cm³/mol. The van der Waals surface area contributed by atoms with Crippen molar-refractivity contribution in [2.24, 2.45) is 0 Å². The molecule has 1 aliphatic rings. The molecule has 1 atom stereocenters. The Bertz CT molecular complexity index is 992. The number of benzene rings is 1. The Morgan fingerprint density at radius 2 is 1.90 bits per heavy atom. The van der Waals surface area contributed by atoms with E-state index in [1.807, 2.05) is 18.9 Å². The molecule has 0 bridgehead atoms. The first-order chi connectivity index (χ1) is 13.7. The third-order valence-electron chi connectivity index (χ3n) is 4.99. The summed E-state index contributed by atoms with van der Waals surface area (Å²) in [7, 11) is 1.28. The van der Waals surface area contributed by atoms with Crippen LogP contribution in [0, 0.1) is 0 Å². The Morgan fingerprint density at radius 1 is 1.21 bits per heavy atom. The fraction of sp³-hybridized carbons (Fsp3) is 0.474. The van der Waals surface area contributed by atoms with Gasteiger partial charge in [0.25, 0.3) is 5.88 Å². The Kier molecular flexibility index (Phi) is 5.97. The lowest BCUT2D eigenvalue weighted by atomic mass is 10.2. The second-order valence-electron chi connectivity index (χ2n) is 6.88. The molecule has 0 amide bonds. The zero-order valence-corrected chi connectivity index (χ0v) is 18.4. The number of hydrogen-bond donors (Lipinski definition) is 0. The molecule has 158 valence electrons. The minimum absolute atomic E-state index is 0.159. The average Bonchev–Trinajstić information content (AvgIpc) is 2.68. The average molecular weight is 422 g/mol. The minimum atomic E-state index is -3.57. The van der Waals surface area contributed by atoms with Gasteiger partial charge in [-0.2, -0.15) is 5.10 Å². The van der Waals surface area contributed by atoms with E-state index in [1.165, 1.54) is 30.7 Å². The fourth-order valence-corrected chi connectivity index (χ4v) is 4.17. The Labute approximate surface area is 171 Å². The molecule has 0 radical (unpaired) electrons. The normalized spacial score (nSPS) is 14.4.